The quantitative estimate of drug-likeness (QED) is 0.820. The number of benzene rings is 1. The summed E-state index contributed by atoms with van der Waals surface area (Å²) in [6, 6.07) is 3.97. The van der Waals surface area contributed by atoms with E-state index in [1.807, 2.05) is 12.1 Å². The van der Waals surface area contributed by atoms with E-state index in [4.69, 9.17) is 18.9 Å². The second-order valence-electron chi connectivity index (χ2n) is 4.97. The highest BCUT2D eigenvalue weighted by atomic mass is 16.7. The number of hydrogen-bond donors (Lipinski definition) is 0. The van der Waals surface area contributed by atoms with Crippen molar-refractivity contribution in [3.63, 3.8) is 0 Å². The predicted octanol–water partition coefficient (Wildman–Crippen LogP) is 1.69. The van der Waals surface area contributed by atoms with Gasteiger partial charge >= 0.3 is 0 Å². The molecule has 0 radical (unpaired) electrons. The third-order valence-corrected chi connectivity index (χ3v) is 3.71. The first-order chi connectivity index (χ1) is 9.86. The maximum absolute atomic E-state index is 5.94. The summed E-state index contributed by atoms with van der Waals surface area (Å²) in [5.41, 5.74) is 1.16. The molecule has 0 bridgehead atoms. The smallest absolute Gasteiger partial charge is 0.231 e. The van der Waals surface area contributed by atoms with Crippen LogP contribution in [-0.4, -0.2) is 51.1 Å². The fourth-order valence-electron chi connectivity index (χ4n) is 2.49. The van der Waals surface area contributed by atoms with Crippen molar-refractivity contribution in [3.8, 4) is 17.2 Å². The van der Waals surface area contributed by atoms with Gasteiger partial charge in [-0.3, -0.25) is 4.90 Å². The summed E-state index contributed by atoms with van der Waals surface area (Å²) in [4.78, 5) is 2.36. The van der Waals surface area contributed by atoms with E-state index in [0.29, 0.717) is 13.4 Å². The molecule has 3 rings (SSSR count). The Morgan fingerprint density at radius 3 is 2.65 bits per heavy atom. The molecule has 0 saturated carbocycles. The molecule has 0 N–H and O–H groups in total. The van der Waals surface area contributed by atoms with Gasteiger partial charge in [-0.2, -0.15) is 0 Å². The minimum atomic E-state index is 0.301. The van der Waals surface area contributed by atoms with Gasteiger partial charge in [-0.05, 0) is 18.1 Å². The van der Waals surface area contributed by atoms with Gasteiger partial charge < -0.3 is 18.9 Å². The number of rotatable bonds is 5. The van der Waals surface area contributed by atoms with Gasteiger partial charge in [-0.25, -0.2) is 0 Å². The van der Waals surface area contributed by atoms with Crippen LogP contribution >= 0.6 is 0 Å². The number of hydrogen-bond acceptors (Lipinski definition) is 5. The molecule has 20 heavy (non-hydrogen) atoms. The average Bonchev–Trinajstić information content (AvgIpc) is 2.94. The topological polar surface area (TPSA) is 40.2 Å². The van der Waals surface area contributed by atoms with Crippen LogP contribution in [0.2, 0.25) is 0 Å². The molecule has 1 saturated heterocycles. The first-order valence-electron chi connectivity index (χ1n) is 7.22. The van der Waals surface area contributed by atoms with Crippen LogP contribution in [0.15, 0.2) is 12.1 Å². The summed E-state index contributed by atoms with van der Waals surface area (Å²) in [5.74, 6) is 2.51. The van der Waals surface area contributed by atoms with Crippen LogP contribution in [-0.2, 0) is 11.2 Å². The van der Waals surface area contributed by atoms with Crippen molar-refractivity contribution in [3.05, 3.63) is 17.7 Å². The highest BCUT2D eigenvalue weighted by Gasteiger charge is 2.17. The number of morpholine rings is 1. The standard InChI is InChI=1S/C15H21NO4/c1-2-12-9-14-15(20-11-19-14)10-13(12)18-8-5-16-3-6-17-7-4-16/h9-10H,2-8,11H2,1H3. The zero-order valence-electron chi connectivity index (χ0n) is 11.9. The van der Waals surface area contributed by atoms with Crippen LogP contribution in [0, 0.1) is 0 Å². The highest BCUT2D eigenvalue weighted by Crippen LogP contribution is 2.38. The Hall–Kier alpha value is -1.46. The van der Waals surface area contributed by atoms with Crippen LogP contribution in [0.1, 0.15) is 12.5 Å². The lowest BCUT2D eigenvalue weighted by molar-refractivity contribution is 0.0322. The van der Waals surface area contributed by atoms with E-state index in [1.54, 1.807) is 0 Å². The van der Waals surface area contributed by atoms with E-state index in [0.717, 1.165) is 62.1 Å². The minimum Gasteiger partial charge on any atom is -0.492 e. The molecule has 0 aromatic heterocycles. The van der Waals surface area contributed by atoms with Crippen molar-refractivity contribution in [2.24, 2.45) is 0 Å². The van der Waals surface area contributed by atoms with Crippen LogP contribution < -0.4 is 14.2 Å². The number of nitrogens with zero attached hydrogens (tertiary/aromatic N) is 1. The fourth-order valence-corrected chi connectivity index (χ4v) is 2.49. The van der Waals surface area contributed by atoms with Gasteiger partial charge in [0.2, 0.25) is 6.79 Å². The molecule has 110 valence electrons. The third kappa shape index (κ3) is 2.99. The summed E-state index contributed by atoms with van der Waals surface area (Å²) >= 11 is 0. The van der Waals surface area contributed by atoms with Gasteiger partial charge in [0.25, 0.3) is 0 Å². The molecule has 0 amide bonds. The van der Waals surface area contributed by atoms with E-state index < -0.39 is 0 Å². The number of fused-ring (bicyclic) bond motifs is 1. The Balaban J connectivity index is 1.58. The average molecular weight is 279 g/mol. The molecular formula is C15H21NO4. The first-order valence-corrected chi connectivity index (χ1v) is 7.22. The normalized spacial score (nSPS) is 18.2. The Kier molecular flexibility index (Phi) is 4.28. The summed E-state index contributed by atoms with van der Waals surface area (Å²) in [6.07, 6.45) is 0.920. The summed E-state index contributed by atoms with van der Waals surface area (Å²) in [7, 11) is 0. The minimum absolute atomic E-state index is 0.301. The lowest BCUT2D eigenvalue weighted by Crippen LogP contribution is -2.38. The first kappa shape index (κ1) is 13.5. The maximum Gasteiger partial charge on any atom is 0.231 e. The third-order valence-electron chi connectivity index (χ3n) is 3.71. The van der Waals surface area contributed by atoms with Crippen molar-refractivity contribution in [2.45, 2.75) is 13.3 Å². The summed E-state index contributed by atoms with van der Waals surface area (Å²) in [5, 5.41) is 0. The Bertz CT molecular complexity index is 457. The molecule has 2 aliphatic heterocycles. The van der Waals surface area contributed by atoms with E-state index in [1.165, 1.54) is 0 Å². The zero-order chi connectivity index (χ0) is 13.8. The van der Waals surface area contributed by atoms with Crippen molar-refractivity contribution in [1.82, 2.24) is 4.90 Å². The van der Waals surface area contributed by atoms with Crippen molar-refractivity contribution in [2.75, 3.05) is 46.2 Å². The van der Waals surface area contributed by atoms with Crippen LogP contribution in [0.3, 0.4) is 0 Å². The Morgan fingerprint density at radius 2 is 1.90 bits per heavy atom. The van der Waals surface area contributed by atoms with Crippen molar-refractivity contribution in [1.29, 1.82) is 0 Å². The number of aryl methyl sites for hydroxylation is 1. The second-order valence-corrected chi connectivity index (χ2v) is 4.97. The maximum atomic E-state index is 5.94. The monoisotopic (exact) mass is 279 g/mol. The van der Waals surface area contributed by atoms with Gasteiger partial charge in [-0.1, -0.05) is 6.92 Å². The molecule has 0 atom stereocenters. The lowest BCUT2D eigenvalue weighted by Gasteiger charge is -2.26. The van der Waals surface area contributed by atoms with Crippen molar-refractivity contribution >= 4 is 0 Å². The highest BCUT2D eigenvalue weighted by molar-refractivity contribution is 5.51. The molecule has 0 spiro atoms. The molecule has 2 heterocycles. The molecule has 0 aliphatic carbocycles. The summed E-state index contributed by atoms with van der Waals surface area (Å²) in [6.45, 7) is 7.67. The van der Waals surface area contributed by atoms with E-state index in [9.17, 15) is 0 Å². The lowest BCUT2D eigenvalue weighted by atomic mass is 10.1. The van der Waals surface area contributed by atoms with Gasteiger partial charge in [0.15, 0.2) is 11.5 Å². The van der Waals surface area contributed by atoms with Gasteiger partial charge in [0.05, 0.1) is 13.2 Å². The Labute approximate surface area is 119 Å². The molecule has 5 heteroatoms. The fraction of sp³-hybridized carbons (Fsp3) is 0.600. The molecule has 1 aromatic rings. The second kappa shape index (κ2) is 6.33. The largest absolute Gasteiger partial charge is 0.492 e. The molecule has 0 unspecified atom stereocenters. The molecule has 2 aliphatic rings. The molecule has 1 aromatic carbocycles. The molecular weight excluding hydrogens is 258 g/mol. The number of ether oxygens (including phenoxy) is 4. The van der Waals surface area contributed by atoms with E-state index in [2.05, 4.69) is 11.8 Å². The zero-order valence-corrected chi connectivity index (χ0v) is 11.9. The SMILES string of the molecule is CCc1cc2c(cc1OCCN1CCOCC1)OCO2. The predicted molar refractivity (Wildman–Crippen MR) is 74.7 cm³/mol. The van der Waals surface area contributed by atoms with E-state index in [-0.39, 0.29) is 0 Å². The van der Waals surface area contributed by atoms with E-state index >= 15 is 0 Å². The van der Waals surface area contributed by atoms with Gasteiger partial charge in [0.1, 0.15) is 12.4 Å². The molecule has 1 fully saturated rings. The van der Waals surface area contributed by atoms with Crippen LogP contribution in [0.5, 0.6) is 17.2 Å². The molecule has 5 nitrogen and oxygen atoms in total. The van der Waals surface area contributed by atoms with Crippen LogP contribution in [0.4, 0.5) is 0 Å². The Morgan fingerprint density at radius 1 is 1.15 bits per heavy atom. The summed E-state index contributed by atoms with van der Waals surface area (Å²) < 4.78 is 22.1. The van der Waals surface area contributed by atoms with Crippen LogP contribution in [0.25, 0.3) is 0 Å². The van der Waals surface area contributed by atoms with Crippen molar-refractivity contribution < 1.29 is 18.9 Å². The van der Waals surface area contributed by atoms with Gasteiger partial charge in [-0.15, -0.1) is 0 Å². The van der Waals surface area contributed by atoms with Gasteiger partial charge in [0, 0.05) is 25.7 Å².